The molecule has 4 aromatic rings. The molecule has 6 nitrogen and oxygen atoms in total. The molecule has 0 saturated heterocycles. The van der Waals surface area contributed by atoms with Crippen molar-refractivity contribution >= 4 is 34.4 Å². The molecule has 168 valence electrons. The summed E-state index contributed by atoms with van der Waals surface area (Å²) in [5.74, 6) is 0.472. The van der Waals surface area contributed by atoms with Crippen LogP contribution in [0.2, 0.25) is 5.02 Å². The maximum Gasteiger partial charge on any atom is 0.251 e. The number of hydrogen-bond donors (Lipinski definition) is 2. The van der Waals surface area contributed by atoms with Gasteiger partial charge in [0.05, 0.1) is 17.1 Å². The number of nitrogens with one attached hydrogen (secondary N) is 2. The molecule has 0 fully saturated rings. The minimum absolute atomic E-state index is 0.0963. The summed E-state index contributed by atoms with van der Waals surface area (Å²) in [7, 11) is 0. The fourth-order valence-electron chi connectivity index (χ4n) is 3.74. The number of para-hydroxylation sites is 2. The van der Waals surface area contributed by atoms with Crippen molar-refractivity contribution in [1.29, 1.82) is 0 Å². The van der Waals surface area contributed by atoms with Crippen molar-refractivity contribution in [2.45, 2.75) is 25.9 Å². The standard InChI is InChI=1S/C26H25ClN4O2/c1-18(19-7-3-2-4-8-19)29-25(32)17-31-23-10-6-5-9-22(23)30-24(31)15-16-28-26(33)20-11-13-21(27)14-12-20/h2-14,18H,15-17H2,1H3,(H,28,33)(H,29,32). The van der Waals surface area contributed by atoms with Gasteiger partial charge in [0.25, 0.3) is 5.91 Å². The third kappa shape index (κ3) is 5.59. The number of aromatic nitrogens is 2. The van der Waals surface area contributed by atoms with Crippen molar-refractivity contribution in [1.82, 2.24) is 20.2 Å². The Kier molecular flexibility index (Phi) is 7.05. The van der Waals surface area contributed by atoms with Crippen LogP contribution in [0, 0.1) is 0 Å². The molecule has 0 bridgehead atoms. The number of carbonyl (C=O) groups excluding carboxylic acids is 2. The largest absolute Gasteiger partial charge is 0.352 e. The summed E-state index contributed by atoms with van der Waals surface area (Å²) in [5, 5.41) is 6.55. The summed E-state index contributed by atoms with van der Waals surface area (Å²) in [4.78, 5) is 29.9. The normalized spacial score (nSPS) is 11.8. The highest BCUT2D eigenvalue weighted by atomic mass is 35.5. The number of fused-ring (bicyclic) bond motifs is 1. The van der Waals surface area contributed by atoms with E-state index in [2.05, 4.69) is 10.6 Å². The van der Waals surface area contributed by atoms with Crippen LogP contribution < -0.4 is 10.6 Å². The Balaban J connectivity index is 1.44. The fraction of sp³-hybridized carbons (Fsp3) is 0.192. The Labute approximate surface area is 197 Å². The zero-order chi connectivity index (χ0) is 23.2. The molecular formula is C26H25ClN4O2. The van der Waals surface area contributed by atoms with Crippen molar-refractivity contribution in [3.63, 3.8) is 0 Å². The molecule has 1 unspecified atom stereocenters. The van der Waals surface area contributed by atoms with Crippen LogP contribution in [-0.4, -0.2) is 27.9 Å². The fourth-order valence-corrected chi connectivity index (χ4v) is 3.87. The van der Waals surface area contributed by atoms with Crippen LogP contribution in [-0.2, 0) is 17.8 Å². The first-order valence-corrected chi connectivity index (χ1v) is 11.2. The summed E-state index contributed by atoms with van der Waals surface area (Å²) >= 11 is 5.89. The Hall–Kier alpha value is -3.64. The van der Waals surface area contributed by atoms with Crippen molar-refractivity contribution < 1.29 is 9.59 Å². The van der Waals surface area contributed by atoms with Crippen LogP contribution in [0.4, 0.5) is 0 Å². The van der Waals surface area contributed by atoms with Crippen LogP contribution in [0.15, 0.2) is 78.9 Å². The monoisotopic (exact) mass is 460 g/mol. The Morgan fingerprint density at radius 2 is 1.67 bits per heavy atom. The smallest absolute Gasteiger partial charge is 0.251 e. The maximum absolute atomic E-state index is 12.8. The highest BCUT2D eigenvalue weighted by Crippen LogP contribution is 2.17. The quantitative estimate of drug-likeness (QED) is 0.405. The zero-order valence-electron chi connectivity index (χ0n) is 18.3. The van der Waals surface area contributed by atoms with E-state index in [1.165, 1.54) is 0 Å². The van der Waals surface area contributed by atoms with Gasteiger partial charge in [0.15, 0.2) is 0 Å². The molecule has 0 spiro atoms. The van der Waals surface area contributed by atoms with E-state index in [0.29, 0.717) is 23.6 Å². The van der Waals surface area contributed by atoms with Gasteiger partial charge in [-0.3, -0.25) is 9.59 Å². The Morgan fingerprint density at radius 1 is 0.970 bits per heavy atom. The number of nitrogens with zero attached hydrogens (tertiary/aromatic N) is 2. The van der Waals surface area contributed by atoms with E-state index in [4.69, 9.17) is 16.6 Å². The summed E-state index contributed by atoms with van der Waals surface area (Å²) < 4.78 is 1.91. The molecule has 0 aliphatic carbocycles. The zero-order valence-corrected chi connectivity index (χ0v) is 19.0. The van der Waals surface area contributed by atoms with Gasteiger partial charge in [-0.1, -0.05) is 54.1 Å². The number of amides is 2. The van der Waals surface area contributed by atoms with Gasteiger partial charge >= 0.3 is 0 Å². The predicted octanol–water partition coefficient (Wildman–Crippen LogP) is 4.54. The van der Waals surface area contributed by atoms with Crippen LogP contribution in [0.5, 0.6) is 0 Å². The van der Waals surface area contributed by atoms with E-state index >= 15 is 0 Å². The number of rotatable bonds is 8. The first kappa shape index (κ1) is 22.6. The molecule has 1 heterocycles. The highest BCUT2D eigenvalue weighted by Gasteiger charge is 2.16. The molecule has 3 aromatic carbocycles. The molecule has 4 rings (SSSR count). The lowest BCUT2D eigenvalue weighted by molar-refractivity contribution is -0.122. The summed E-state index contributed by atoms with van der Waals surface area (Å²) in [6.07, 6.45) is 0.496. The number of carbonyl (C=O) groups is 2. The lowest BCUT2D eigenvalue weighted by Gasteiger charge is -2.16. The molecule has 0 saturated carbocycles. The van der Waals surface area contributed by atoms with Gasteiger partial charge in [0, 0.05) is 23.6 Å². The molecule has 0 radical (unpaired) electrons. The van der Waals surface area contributed by atoms with Gasteiger partial charge in [-0.2, -0.15) is 0 Å². The molecule has 0 aliphatic rings. The average Bonchev–Trinajstić information content (AvgIpc) is 3.17. The molecule has 2 amide bonds. The number of imidazole rings is 1. The Morgan fingerprint density at radius 3 is 2.42 bits per heavy atom. The summed E-state index contributed by atoms with van der Waals surface area (Å²) in [6.45, 7) is 2.51. The lowest BCUT2D eigenvalue weighted by Crippen LogP contribution is -2.31. The number of benzene rings is 3. The second-order valence-electron chi connectivity index (χ2n) is 7.82. The molecule has 1 atom stereocenters. The molecular weight excluding hydrogens is 436 g/mol. The molecule has 7 heteroatoms. The van der Waals surface area contributed by atoms with Gasteiger partial charge in [0.2, 0.25) is 5.91 Å². The Bertz CT molecular complexity index is 1250. The van der Waals surface area contributed by atoms with Crippen LogP contribution in [0.25, 0.3) is 11.0 Å². The van der Waals surface area contributed by atoms with Crippen LogP contribution in [0.3, 0.4) is 0 Å². The first-order valence-electron chi connectivity index (χ1n) is 10.8. The first-order chi connectivity index (χ1) is 16.0. The van der Waals surface area contributed by atoms with E-state index in [-0.39, 0.29) is 24.4 Å². The predicted molar refractivity (Wildman–Crippen MR) is 130 cm³/mol. The highest BCUT2D eigenvalue weighted by molar-refractivity contribution is 6.30. The minimum Gasteiger partial charge on any atom is -0.352 e. The van der Waals surface area contributed by atoms with E-state index in [1.807, 2.05) is 66.1 Å². The SMILES string of the molecule is CC(NC(=O)Cn1c(CCNC(=O)c2ccc(Cl)cc2)nc2ccccc21)c1ccccc1. The van der Waals surface area contributed by atoms with Crippen molar-refractivity contribution in [2.24, 2.45) is 0 Å². The number of hydrogen-bond acceptors (Lipinski definition) is 3. The number of halogens is 1. The second kappa shape index (κ2) is 10.3. The third-order valence-corrected chi connectivity index (χ3v) is 5.70. The topological polar surface area (TPSA) is 76.0 Å². The van der Waals surface area contributed by atoms with Gasteiger partial charge in [-0.15, -0.1) is 0 Å². The van der Waals surface area contributed by atoms with Gasteiger partial charge in [-0.05, 0) is 48.9 Å². The van der Waals surface area contributed by atoms with Crippen molar-refractivity contribution in [3.8, 4) is 0 Å². The van der Waals surface area contributed by atoms with Crippen LogP contribution in [0.1, 0.15) is 34.7 Å². The van der Waals surface area contributed by atoms with E-state index in [1.54, 1.807) is 24.3 Å². The molecule has 1 aromatic heterocycles. The average molecular weight is 461 g/mol. The van der Waals surface area contributed by atoms with E-state index in [9.17, 15) is 9.59 Å². The van der Waals surface area contributed by atoms with Gasteiger partial charge in [0.1, 0.15) is 12.4 Å². The van der Waals surface area contributed by atoms with Crippen molar-refractivity contribution in [2.75, 3.05) is 6.54 Å². The van der Waals surface area contributed by atoms with Crippen LogP contribution >= 0.6 is 11.6 Å². The summed E-state index contributed by atoms with van der Waals surface area (Å²) in [6, 6.07) is 24.2. The third-order valence-electron chi connectivity index (χ3n) is 5.45. The molecule has 2 N–H and O–H groups in total. The van der Waals surface area contributed by atoms with E-state index < -0.39 is 0 Å². The van der Waals surface area contributed by atoms with Gasteiger partial charge in [-0.25, -0.2) is 4.98 Å². The van der Waals surface area contributed by atoms with Gasteiger partial charge < -0.3 is 15.2 Å². The van der Waals surface area contributed by atoms with Crippen molar-refractivity contribution in [3.05, 3.63) is 101 Å². The second-order valence-corrected chi connectivity index (χ2v) is 8.25. The van der Waals surface area contributed by atoms with E-state index in [0.717, 1.165) is 22.4 Å². The lowest BCUT2D eigenvalue weighted by atomic mass is 10.1. The molecule has 0 aliphatic heterocycles. The summed E-state index contributed by atoms with van der Waals surface area (Å²) in [5.41, 5.74) is 3.30. The minimum atomic E-state index is -0.177. The maximum atomic E-state index is 12.8. The molecule has 33 heavy (non-hydrogen) atoms.